The van der Waals surface area contributed by atoms with Crippen LogP contribution < -0.4 is 4.31 Å². The molecule has 0 fully saturated rings. The first kappa shape index (κ1) is 20.0. The zero-order valence-corrected chi connectivity index (χ0v) is 15.6. The lowest BCUT2D eigenvalue weighted by Gasteiger charge is -2.23. The first-order chi connectivity index (χ1) is 12.2. The van der Waals surface area contributed by atoms with Gasteiger partial charge in [-0.1, -0.05) is 29.3 Å². The Hall–Kier alpha value is -2.36. The molecule has 0 heterocycles. The largest absolute Gasteiger partial charge is 0.468 e. The molecule has 2 aromatic carbocycles. The number of halogens is 2. The van der Waals surface area contributed by atoms with Crippen LogP contribution in [0.4, 0.5) is 11.4 Å². The molecule has 0 amide bonds. The Labute approximate surface area is 159 Å². The van der Waals surface area contributed by atoms with Crippen molar-refractivity contribution in [2.45, 2.75) is 4.90 Å². The van der Waals surface area contributed by atoms with Crippen molar-refractivity contribution in [2.75, 3.05) is 18.0 Å². The second-order valence-corrected chi connectivity index (χ2v) is 7.62. The maximum Gasteiger partial charge on any atom is 0.326 e. The number of hydrogen-bond donors (Lipinski definition) is 0. The van der Waals surface area contributed by atoms with E-state index >= 15 is 0 Å². The number of benzene rings is 2. The van der Waals surface area contributed by atoms with Gasteiger partial charge in [0.05, 0.1) is 32.7 Å². The number of methoxy groups -OCH3 is 1. The summed E-state index contributed by atoms with van der Waals surface area (Å²) in [6, 6.07) is 8.46. The van der Waals surface area contributed by atoms with E-state index in [0.717, 1.165) is 23.5 Å². The van der Waals surface area contributed by atoms with Gasteiger partial charge >= 0.3 is 5.97 Å². The highest BCUT2D eigenvalue weighted by molar-refractivity contribution is 7.92. The summed E-state index contributed by atoms with van der Waals surface area (Å²) in [5, 5.41) is 11.2. The number of anilines is 1. The minimum absolute atomic E-state index is 0.0521. The summed E-state index contributed by atoms with van der Waals surface area (Å²) in [6.07, 6.45) is 0. The molecule has 0 spiro atoms. The van der Waals surface area contributed by atoms with Crippen LogP contribution in [0.25, 0.3) is 0 Å². The van der Waals surface area contributed by atoms with Gasteiger partial charge in [-0.05, 0) is 24.3 Å². The summed E-state index contributed by atoms with van der Waals surface area (Å²) in [4.78, 5) is 21.5. The molecule has 26 heavy (non-hydrogen) atoms. The summed E-state index contributed by atoms with van der Waals surface area (Å²) >= 11 is 11.8. The van der Waals surface area contributed by atoms with Crippen LogP contribution in [0.5, 0.6) is 0 Å². The smallest absolute Gasteiger partial charge is 0.326 e. The monoisotopic (exact) mass is 418 g/mol. The van der Waals surface area contributed by atoms with E-state index in [2.05, 4.69) is 4.74 Å². The van der Waals surface area contributed by atoms with Gasteiger partial charge in [-0.3, -0.25) is 19.2 Å². The molecular formula is C15H12Cl2N2O6S. The van der Waals surface area contributed by atoms with Gasteiger partial charge in [0, 0.05) is 12.1 Å². The van der Waals surface area contributed by atoms with Gasteiger partial charge < -0.3 is 4.74 Å². The summed E-state index contributed by atoms with van der Waals surface area (Å²) < 4.78 is 31.2. The first-order valence-corrected chi connectivity index (χ1v) is 9.15. The number of ether oxygens (including phenoxy) is 1. The van der Waals surface area contributed by atoms with Crippen molar-refractivity contribution in [3.05, 3.63) is 62.6 Å². The second kappa shape index (κ2) is 7.90. The van der Waals surface area contributed by atoms with E-state index in [1.807, 2.05) is 0 Å². The van der Waals surface area contributed by atoms with Gasteiger partial charge in [0.25, 0.3) is 15.7 Å². The molecule has 0 aromatic heterocycles. The molecule has 11 heteroatoms. The third-order valence-electron chi connectivity index (χ3n) is 3.31. The second-order valence-electron chi connectivity index (χ2n) is 4.94. The molecule has 0 saturated heterocycles. The van der Waals surface area contributed by atoms with Crippen LogP contribution in [0.15, 0.2) is 47.4 Å². The Morgan fingerprint density at radius 3 is 2.46 bits per heavy atom. The van der Waals surface area contributed by atoms with Gasteiger partial charge in [-0.2, -0.15) is 0 Å². The average molecular weight is 419 g/mol. The Morgan fingerprint density at radius 2 is 1.88 bits per heavy atom. The van der Waals surface area contributed by atoms with E-state index in [9.17, 15) is 23.3 Å². The SMILES string of the molecule is COC(=O)CN(c1ccc(Cl)c(Cl)c1)S(=O)(=O)c1cccc([N+](=O)[O-])c1. The minimum Gasteiger partial charge on any atom is -0.468 e. The van der Waals surface area contributed by atoms with Gasteiger partial charge in [0.1, 0.15) is 6.54 Å². The van der Waals surface area contributed by atoms with Crippen molar-refractivity contribution in [3.8, 4) is 0 Å². The van der Waals surface area contributed by atoms with E-state index in [0.29, 0.717) is 0 Å². The molecule has 0 aliphatic rings. The molecule has 0 bridgehead atoms. The maximum atomic E-state index is 13.0. The molecule has 0 radical (unpaired) electrons. The van der Waals surface area contributed by atoms with Crippen LogP contribution in [-0.4, -0.2) is 33.0 Å². The van der Waals surface area contributed by atoms with Gasteiger partial charge in [-0.15, -0.1) is 0 Å². The molecule has 2 rings (SSSR count). The summed E-state index contributed by atoms with van der Waals surface area (Å²) in [5.41, 5.74) is -0.352. The summed E-state index contributed by atoms with van der Waals surface area (Å²) in [5.74, 6) is -0.829. The predicted molar refractivity (Wildman–Crippen MR) is 96.1 cm³/mol. The number of nitrogens with zero attached hydrogens (tertiary/aromatic N) is 2. The van der Waals surface area contributed by atoms with Crippen molar-refractivity contribution in [3.63, 3.8) is 0 Å². The molecule has 0 N–H and O–H groups in total. The molecule has 0 saturated carbocycles. The quantitative estimate of drug-likeness (QED) is 0.404. The van der Waals surface area contributed by atoms with Crippen molar-refractivity contribution >= 4 is 50.6 Å². The summed E-state index contributed by atoms with van der Waals surface area (Å²) in [7, 11) is -3.21. The molecule has 0 atom stereocenters. The van der Waals surface area contributed by atoms with Gasteiger partial charge in [0.15, 0.2) is 0 Å². The molecule has 2 aromatic rings. The summed E-state index contributed by atoms with van der Waals surface area (Å²) in [6.45, 7) is -0.653. The molecule has 0 aliphatic heterocycles. The zero-order valence-electron chi connectivity index (χ0n) is 13.3. The molecular weight excluding hydrogens is 407 g/mol. The highest BCUT2D eigenvalue weighted by atomic mass is 35.5. The van der Waals surface area contributed by atoms with Crippen LogP contribution in [0.1, 0.15) is 0 Å². The number of carbonyl (C=O) groups excluding carboxylic acids is 1. The minimum atomic E-state index is -4.32. The number of sulfonamides is 1. The van der Waals surface area contributed by atoms with E-state index in [-0.39, 0.29) is 20.6 Å². The van der Waals surface area contributed by atoms with Crippen LogP contribution in [0.2, 0.25) is 10.0 Å². The van der Waals surface area contributed by atoms with E-state index in [4.69, 9.17) is 23.2 Å². The molecule has 8 nitrogen and oxygen atoms in total. The van der Waals surface area contributed by atoms with Crippen molar-refractivity contribution in [1.82, 2.24) is 0 Å². The number of non-ortho nitro benzene ring substituents is 1. The lowest BCUT2D eigenvalue weighted by molar-refractivity contribution is -0.385. The third-order valence-corrected chi connectivity index (χ3v) is 5.82. The fourth-order valence-corrected chi connectivity index (χ4v) is 3.76. The third kappa shape index (κ3) is 4.24. The lowest BCUT2D eigenvalue weighted by Crippen LogP contribution is -2.36. The molecule has 0 unspecified atom stereocenters. The van der Waals surface area contributed by atoms with Gasteiger partial charge in [0.2, 0.25) is 0 Å². The Kier molecular flexibility index (Phi) is 6.06. The number of hydrogen-bond acceptors (Lipinski definition) is 6. The van der Waals surface area contributed by atoms with E-state index < -0.39 is 33.1 Å². The normalized spacial score (nSPS) is 11.0. The topological polar surface area (TPSA) is 107 Å². The number of carbonyl (C=O) groups is 1. The van der Waals surface area contributed by atoms with E-state index in [1.54, 1.807) is 0 Å². The number of nitro groups is 1. The highest BCUT2D eigenvalue weighted by Crippen LogP contribution is 2.31. The van der Waals surface area contributed by atoms with Gasteiger partial charge in [-0.25, -0.2) is 8.42 Å². The Morgan fingerprint density at radius 1 is 1.19 bits per heavy atom. The number of rotatable bonds is 6. The average Bonchev–Trinajstić information content (AvgIpc) is 2.61. The lowest BCUT2D eigenvalue weighted by atomic mass is 10.3. The van der Waals surface area contributed by atoms with Crippen LogP contribution in [-0.2, 0) is 19.6 Å². The fourth-order valence-electron chi connectivity index (χ4n) is 2.02. The first-order valence-electron chi connectivity index (χ1n) is 6.96. The van der Waals surface area contributed by atoms with E-state index in [1.165, 1.54) is 30.3 Å². The predicted octanol–water partition coefficient (Wildman–Crippen LogP) is 3.27. The van der Waals surface area contributed by atoms with Crippen molar-refractivity contribution in [2.24, 2.45) is 0 Å². The fraction of sp³-hybridized carbons (Fsp3) is 0.133. The number of nitro benzene ring substituents is 1. The Bertz CT molecular complexity index is 964. The maximum absolute atomic E-state index is 13.0. The highest BCUT2D eigenvalue weighted by Gasteiger charge is 2.29. The van der Waals surface area contributed by atoms with Crippen LogP contribution in [0, 0.1) is 10.1 Å². The van der Waals surface area contributed by atoms with Crippen molar-refractivity contribution in [1.29, 1.82) is 0 Å². The molecule has 0 aliphatic carbocycles. The number of esters is 1. The van der Waals surface area contributed by atoms with Crippen LogP contribution in [0.3, 0.4) is 0 Å². The van der Waals surface area contributed by atoms with Crippen LogP contribution >= 0.6 is 23.2 Å². The zero-order chi connectivity index (χ0) is 19.5. The standard InChI is InChI=1S/C15H12Cl2N2O6S/c1-25-15(20)9-18(10-5-6-13(16)14(17)8-10)26(23,24)12-4-2-3-11(7-12)19(21)22/h2-8H,9H2,1H3. The molecule has 138 valence electrons. The Balaban J connectivity index is 2.59. The van der Waals surface area contributed by atoms with Crippen molar-refractivity contribution < 1.29 is 22.9 Å².